The van der Waals surface area contributed by atoms with Crippen LogP contribution in [0.25, 0.3) is 0 Å². The van der Waals surface area contributed by atoms with Crippen LogP contribution in [0.4, 0.5) is 29.3 Å². The summed E-state index contributed by atoms with van der Waals surface area (Å²) in [6.45, 7) is 3.90. The Morgan fingerprint density at radius 3 is 2.35 bits per heavy atom. The fourth-order valence-corrected chi connectivity index (χ4v) is 3.95. The number of nitro benzene ring substituents is 1. The van der Waals surface area contributed by atoms with Crippen LogP contribution < -0.4 is 14.8 Å². The van der Waals surface area contributed by atoms with Gasteiger partial charge in [0.05, 0.1) is 30.7 Å². The van der Waals surface area contributed by atoms with Gasteiger partial charge in [0.25, 0.3) is 5.69 Å². The van der Waals surface area contributed by atoms with Crippen LogP contribution in [0.1, 0.15) is 37.8 Å². The van der Waals surface area contributed by atoms with E-state index >= 15 is 0 Å². The van der Waals surface area contributed by atoms with E-state index in [4.69, 9.17) is 14.2 Å². The van der Waals surface area contributed by atoms with Crippen molar-refractivity contribution in [2.24, 2.45) is 0 Å². The van der Waals surface area contributed by atoms with Crippen LogP contribution in [0.15, 0.2) is 24.4 Å². The zero-order chi connectivity index (χ0) is 28.1. The number of hydrogen-bond acceptors (Lipinski definition) is 9. The third kappa shape index (κ3) is 7.80. The highest BCUT2D eigenvalue weighted by molar-refractivity contribution is 14.1. The number of nitrogens with zero attached hydrogens (tertiary/aromatic N) is 2. The van der Waals surface area contributed by atoms with Crippen LogP contribution in [0, 0.1) is 13.7 Å². The summed E-state index contributed by atoms with van der Waals surface area (Å²) in [6.07, 6.45) is -4.85. The topological polar surface area (TPSA) is 139 Å². The van der Waals surface area contributed by atoms with E-state index in [-0.39, 0.29) is 28.4 Å². The highest BCUT2D eigenvalue weighted by Crippen LogP contribution is 2.43. The first kappa shape index (κ1) is 29.9. The Kier molecular flexibility index (Phi) is 9.51. The molecule has 0 spiro atoms. The lowest BCUT2D eigenvalue weighted by Crippen LogP contribution is -2.28. The molecule has 15 heteroatoms. The van der Waals surface area contributed by atoms with Crippen LogP contribution in [0.3, 0.4) is 0 Å². The summed E-state index contributed by atoms with van der Waals surface area (Å²) in [5, 5.41) is 14.4. The van der Waals surface area contributed by atoms with Crippen LogP contribution in [0.5, 0.6) is 11.6 Å². The molecule has 0 aliphatic carbocycles. The van der Waals surface area contributed by atoms with Crippen molar-refractivity contribution < 1.29 is 46.6 Å². The first-order valence-electron chi connectivity index (χ1n) is 10.4. The second kappa shape index (κ2) is 11.8. The van der Waals surface area contributed by atoms with Gasteiger partial charge in [-0.2, -0.15) is 13.2 Å². The van der Waals surface area contributed by atoms with Gasteiger partial charge >= 0.3 is 18.2 Å². The van der Waals surface area contributed by atoms with Gasteiger partial charge in [-0.15, -0.1) is 0 Å². The monoisotopic (exact) mass is 641 g/mol. The standard InChI is InChI=1S/C22H23F3IN3O8/c1-21(2,3)37-20(31)28-14-9-15(29(32)33)11(8-16(14)34-4)12(10-36-19(30)22(23,24)25)17-13(26)6-7-27-18(17)35-5/h6-9,12H,10H2,1-5H3,(H,28,31). The summed E-state index contributed by atoms with van der Waals surface area (Å²) in [7, 11) is 2.47. The number of carbonyl (C=O) groups excluding carboxylic acids is 2. The molecule has 0 aliphatic rings. The Balaban J connectivity index is 2.71. The molecule has 0 saturated carbocycles. The summed E-state index contributed by atoms with van der Waals surface area (Å²) in [5.41, 5.74) is -1.66. The molecule has 2 rings (SSSR count). The molecule has 1 N–H and O–H groups in total. The quantitative estimate of drug-likeness (QED) is 0.179. The number of amides is 1. The number of halogens is 4. The third-order valence-corrected chi connectivity index (χ3v) is 5.55. The summed E-state index contributed by atoms with van der Waals surface area (Å²) < 4.78 is 59.1. The van der Waals surface area contributed by atoms with Crippen molar-refractivity contribution in [1.29, 1.82) is 0 Å². The van der Waals surface area contributed by atoms with Crippen molar-refractivity contribution >= 4 is 46.0 Å². The SMILES string of the molecule is COc1cc(C(COC(=O)C(F)(F)F)c2c(I)ccnc2OC)c([N+](=O)[O-])cc1NC(=O)OC(C)(C)C. The molecule has 2 aromatic rings. The smallest absolute Gasteiger partial charge is 0.490 e. The number of ether oxygens (including phenoxy) is 4. The van der Waals surface area contributed by atoms with Gasteiger partial charge in [-0.3, -0.25) is 15.4 Å². The average Bonchev–Trinajstić information content (AvgIpc) is 2.77. The molecule has 1 aromatic carbocycles. The lowest BCUT2D eigenvalue weighted by molar-refractivity contribution is -0.385. The maximum Gasteiger partial charge on any atom is 0.490 e. The van der Waals surface area contributed by atoms with Gasteiger partial charge in [0.2, 0.25) is 5.88 Å². The third-order valence-electron chi connectivity index (χ3n) is 4.61. The van der Waals surface area contributed by atoms with E-state index < -0.39 is 47.0 Å². The van der Waals surface area contributed by atoms with Crippen molar-refractivity contribution in [1.82, 2.24) is 4.98 Å². The largest absolute Gasteiger partial charge is 0.495 e. The van der Waals surface area contributed by atoms with Gasteiger partial charge in [-0.1, -0.05) is 0 Å². The molecule has 1 amide bonds. The van der Waals surface area contributed by atoms with E-state index in [1.54, 1.807) is 20.8 Å². The van der Waals surface area contributed by atoms with Gasteiger partial charge in [0.15, 0.2) is 0 Å². The fourth-order valence-electron chi connectivity index (χ4n) is 3.18. The molecule has 0 radical (unpaired) electrons. The normalized spacial score (nSPS) is 12.4. The summed E-state index contributed by atoms with van der Waals surface area (Å²) in [4.78, 5) is 39.0. The average molecular weight is 641 g/mol. The number of carbonyl (C=O) groups is 2. The van der Waals surface area contributed by atoms with Crippen molar-refractivity contribution in [2.75, 3.05) is 26.1 Å². The van der Waals surface area contributed by atoms with Crippen molar-refractivity contribution in [3.63, 3.8) is 0 Å². The lowest BCUT2D eigenvalue weighted by Gasteiger charge is -2.23. The minimum Gasteiger partial charge on any atom is -0.495 e. The van der Waals surface area contributed by atoms with E-state index in [1.165, 1.54) is 26.5 Å². The Labute approximate surface area is 222 Å². The number of esters is 1. The molecule has 0 bridgehead atoms. The molecule has 202 valence electrons. The fraction of sp³-hybridized carbons (Fsp3) is 0.409. The zero-order valence-electron chi connectivity index (χ0n) is 20.3. The van der Waals surface area contributed by atoms with Crippen molar-refractivity contribution in [3.05, 3.63) is 49.2 Å². The highest BCUT2D eigenvalue weighted by atomic mass is 127. The first-order valence-corrected chi connectivity index (χ1v) is 11.5. The number of methoxy groups -OCH3 is 2. The maximum atomic E-state index is 12.9. The van der Waals surface area contributed by atoms with E-state index in [0.717, 1.165) is 12.1 Å². The van der Waals surface area contributed by atoms with E-state index in [9.17, 15) is 32.9 Å². The van der Waals surface area contributed by atoms with Crippen molar-refractivity contribution in [3.8, 4) is 11.6 Å². The molecular formula is C22H23F3IN3O8. The number of rotatable bonds is 8. The molecule has 1 aromatic heterocycles. The predicted molar refractivity (Wildman–Crippen MR) is 132 cm³/mol. The molecule has 1 atom stereocenters. The molecule has 0 aliphatic heterocycles. The molecule has 1 heterocycles. The van der Waals surface area contributed by atoms with Crippen LogP contribution in [0.2, 0.25) is 0 Å². The Bertz CT molecular complexity index is 1180. The molecule has 37 heavy (non-hydrogen) atoms. The van der Waals surface area contributed by atoms with Crippen LogP contribution in [-0.2, 0) is 14.3 Å². The highest BCUT2D eigenvalue weighted by Gasteiger charge is 2.42. The van der Waals surface area contributed by atoms with Crippen molar-refractivity contribution in [2.45, 2.75) is 38.5 Å². The van der Waals surface area contributed by atoms with E-state index in [2.05, 4.69) is 15.0 Å². The number of alkyl halides is 3. The summed E-state index contributed by atoms with van der Waals surface area (Å²) >= 11 is 1.85. The second-order valence-corrected chi connectivity index (χ2v) is 9.52. The molecular weight excluding hydrogens is 618 g/mol. The maximum absolute atomic E-state index is 12.9. The van der Waals surface area contributed by atoms with Gasteiger partial charge in [0, 0.05) is 27.0 Å². The minimum absolute atomic E-state index is 0.0517. The number of benzene rings is 1. The van der Waals surface area contributed by atoms with E-state index in [1.807, 2.05) is 22.6 Å². The molecule has 11 nitrogen and oxygen atoms in total. The van der Waals surface area contributed by atoms with Gasteiger partial charge in [-0.25, -0.2) is 14.6 Å². The number of pyridine rings is 1. The molecule has 0 saturated heterocycles. The van der Waals surface area contributed by atoms with Gasteiger partial charge in [0.1, 0.15) is 18.0 Å². The Morgan fingerprint density at radius 2 is 1.84 bits per heavy atom. The van der Waals surface area contributed by atoms with Gasteiger partial charge < -0.3 is 18.9 Å². The number of aromatic nitrogens is 1. The predicted octanol–water partition coefficient (Wildman–Crippen LogP) is 5.20. The number of nitro groups is 1. The van der Waals surface area contributed by atoms with Gasteiger partial charge in [-0.05, 0) is 55.5 Å². The molecule has 0 fully saturated rings. The Morgan fingerprint density at radius 1 is 1.19 bits per heavy atom. The number of anilines is 1. The van der Waals surface area contributed by atoms with E-state index in [0.29, 0.717) is 3.57 Å². The summed E-state index contributed by atoms with van der Waals surface area (Å²) in [5.74, 6) is -3.94. The van der Waals surface area contributed by atoms with Crippen LogP contribution >= 0.6 is 22.6 Å². The number of nitrogens with one attached hydrogen (secondary N) is 1. The summed E-state index contributed by atoms with van der Waals surface area (Å²) in [6, 6.07) is 3.62. The molecule has 1 unspecified atom stereocenters. The van der Waals surface area contributed by atoms with Crippen LogP contribution in [-0.4, -0.2) is 54.6 Å². The lowest BCUT2D eigenvalue weighted by atomic mass is 9.90. The zero-order valence-corrected chi connectivity index (χ0v) is 22.4. The Hall–Kier alpha value is -3.37. The number of hydrogen-bond donors (Lipinski definition) is 1. The minimum atomic E-state index is -5.29. The second-order valence-electron chi connectivity index (χ2n) is 8.36. The first-order chi connectivity index (χ1) is 17.1.